The number of carbonyl (C=O) groups is 2. The predicted octanol–water partition coefficient (Wildman–Crippen LogP) is 4.43. The van der Waals surface area contributed by atoms with Crippen molar-refractivity contribution in [2.45, 2.75) is 19.2 Å². The van der Waals surface area contributed by atoms with E-state index in [9.17, 15) is 22.8 Å². The summed E-state index contributed by atoms with van der Waals surface area (Å²) in [6.45, 7) is 0.656. The molecule has 2 heterocycles. The van der Waals surface area contributed by atoms with Crippen molar-refractivity contribution in [2.75, 3.05) is 18.0 Å². The van der Waals surface area contributed by atoms with Crippen LogP contribution in [0.15, 0.2) is 48.7 Å². The summed E-state index contributed by atoms with van der Waals surface area (Å²) in [5.41, 5.74) is 2.36. The first-order valence-corrected chi connectivity index (χ1v) is 10.3. The molecular formula is C22H19ClF3N3O3. The number of H-pyrrole nitrogens is 1. The van der Waals surface area contributed by atoms with Crippen LogP contribution in [0.4, 0.5) is 18.9 Å². The number of nitrogens with one attached hydrogen (secondary N) is 2. The van der Waals surface area contributed by atoms with Gasteiger partial charge in [0, 0.05) is 40.9 Å². The number of benzene rings is 2. The molecule has 3 aromatic rings. The van der Waals surface area contributed by atoms with Gasteiger partial charge < -0.3 is 19.9 Å². The van der Waals surface area contributed by atoms with Gasteiger partial charge in [0.25, 0.3) is 0 Å². The molecule has 1 fully saturated rings. The van der Waals surface area contributed by atoms with Crippen molar-refractivity contribution < 1.29 is 27.5 Å². The molecule has 2 aromatic carbocycles. The van der Waals surface area contributed by atoms with Crippen molar-refractivity contribution in [1.29, 1.82) is 0 Å². The average Bonchev–Trinajstić information content (AvgIpc) is 3.31. The number of carbonyl (C=O) groups excluding carboxylic acids is 2. The summed E-state index contributed by atoms with van der Waals surface area (Å²) in [6.07, 6.45) is -2.03. The van der Waals surface area contributed by atoms with Gasteiger partial charge >= 0.3 is 6.36 Å². The molecule has 0 spiro atoms. The first-order valence-electron chi connectivity index (χ1n) is 9.92. The molecule has 0 bridgehead atoms. The summed E-state index contributed by atoms with van der Waals surface area (Å²) in [5, 5.41) is 4.40. The van der Waals surface area contributed by atoms with E-state index in [4.69, 9.17) is 11.6 Å². The number of anilines is 1. The number of hydrogen-bond acceptors (Lipinski definition) is 3. The molecule has 1 aromatic heterocycles. The fraction of sp³-hybridized carbons (Fsp3) is 0.273. The van der Waals surface area contributed by atoms with Gasteiger partial charge in [0.15, 0.2) is 0 Å². The second-order valence-corrected chi connectivity index (χ2v) is 7.85. The highest BCUT2D eigenvalue weighted by Crippen LogP contribution is 2.29. The summed E-state index contributed by atoms with van der Waals surface area (Å²) in [6, 6.07) is 10.5. The van der Waals surface area contributed by atoms with Crippen molar-refractivity contribution in [1.82, 2.24) is 10.3 Å². The molecule has 0 saturated carbocycles. The normalized spacial score (nSPS) is 16.6. The van der Waals surface area contributed by atoms with E-state index in [2.05, 4.69) is 15.0 Å². The van der Waals surface area contributed by atoms with Crippen molar-refractivity contribution >= 4 is 40.0 Å². The number of nitrogens with zero attached hydrogens (tertiary/aromatic N) is 1. The molecule has 168 valence electrons. The third-order valence-electron chi connectivity index (χ3n) is 5.33. The molecule has 10 heteroatoms. The standard InChI is InChI=1S/C22H19ClF3N3O3/c23-14-1-6-19-18(11-14)13(12-28-19)7-9-27-20(30)17-8-10-29(21(17)31)15-2-4-16(5-3-15)32-22(24,25)26/h1-6,11-12,17,28H,7-10H2,(H,27,30). The van der Waals surface area contributed by atoms with Crippen molar-refractivity contribution in [3.05, 3.63) is 59.2 Å². The minimum atomic E-state index is -4.78. The van der Waals surface area contributed by atoms with E-state index in [1.165, 1.54) is 17.0 Å². The first kappa shape index (κ1) is 22.0. The fourth-order valence-corrected chi connectivity index (χ4v) is 3.98. The van der Waals surface area contributed by atoms with Crippen LogP contribution in [0.5, 0.6) is 5.75 Å². The van der Waals surface area contributed by atoms with Crippen molar-refractivity contribution in [3.63, 3.8) is 0 Å². The maximum atomic E-state index is 12.7. The first-order chi connectivity index (χ1) is 15.2. The second-order valence-electron chi connectivity index (χ2n) is 7.42. The van der Waals surface area contributed by atoms with E-state index in [1.54, 1.807) is 6.07 Å². The highest BCUT2D eigenvalue weighted by atomic mass is 35.5. The number of alkyl halides is 3. The molecular weight excluding hydrogens is 447 g/mol. The Bertz CT molecular complexity index is 1140. The Balaban J connectivity index is 1.33. The van der Waals surface area contributed by atoms with Crippen LogP contribution < -0.4 is 15.0 Å². The van der Waals surface area contributed by atoms with Gasteiger partial charge in [0.1, 0.15) is 11.7 Å². The van der Waals surface area contributed by atoms with Gasteiger partial charge in [-0.1, -0.05) is 11.6 Å². The Hall–Kier alpha value is -3.20. The van der Waals surface area contributed by atoms with Crippen LogP contribution in [-0.2, 0) is 16.0 Å². The van der Waals surface area contributed by atoms with E-state index in [0.29, 0.717) is 36.6 Å². The van der Waals surface area contributed by atoms with E-state index in [1.807, 2.05) is 18.3 Å². The Morgan fingerprint density at radius 2 is 1.97 bits per heavy atom. The highest BCUT2D eigenvalue weighted by Gasteiger charge is 2.37. The van der Waals surface area contributed by atoms with Crippen molar-refractivity contribution in [2.24, 2.45) is 5.92 Å². The summed E-state index contributed by atoms with van der Waals surface area (Å²) in [7, 11) is 0. The highest BCUT2D eigenvalue weighted by molar-refractivity contribution is 6.31. The summed E-state index contributed by atoms with van der Waals surface area (Å²) >= 11 is 6.05. The molecule has 4 rings (SSSR count). The molecule has 2 N–H and O–H groups in total. The molecule has 1 unspecified atom stereocenters. The van der Waals surface area contributed by atoms with Crippen LogP contribution in [0.3, 0.4) is 0 Å². The Kier molecular flexibility index (Phi) is 6.01. The molecule has 2 amide bonds. The van der Waals surface area contributed by atoms with Crippen LogP contribution in [-0.4, -0.2) is 36.3 Å². The van der Waals surface area contributed by atoms with Gasteiger partial charge in [0.2, 0.25) is 11.8 Å². The smallest absolute Gasteiger partial charge is 0.406 e. The van der Waals surface area contributed by atoms with E-state index in [0.717, 1.165) is 28.6 Å². The fourth-order valence-electron chi connectivity index (χ4n) is 3.81. The maximum absolute atomic E-state index is 12.7. The molecule has 1 aliphatic rings. The Morgan fingerprint density at radius 3 is 2.69 bits per heavy atom. The molecule has 0 radical (unpaired) electrons. The summed E-state index contributed by atoms with van der Waals surface area (Å²) < 4.78 is 40.7. The van der Waals surface area contributed by atoms with E-state index in [-0.39, 0.29) is 17.6 Å². The summed E-state index contributed by atoms with van der Waals surface area (Å²) in [4.78, 5) is 29.8. The number of rotatable bonds is 6. The van der Waals surface area contributed by atoms with Gasteiger partial charge in [-0.15, -0.1) is 13.2 Å². The van der Waals surface area contributed by atoms with Gasteiger partial charge in [0.05, 0.1) is 0 Å². The maximum Gasteiger partial charge on any atom is 0.573 e. The largest absolute Gasteiger partial charge is 0.573 e. The third kappa shape index (κ3) is 4.83. The number of fused-ring (bicyclic) bond motifs is 1. The number of aromatic nitrogens is 1. The molecule has 1 atom stereocenters. The minimum absolute atomic E-state index is 0.303. The lowest BCUT2D eigenvalue weighted by Crippen LogP contribution is -2.37. The van der Waals surface area contributed by atoms with Crippen LogP contribution in [0.2, 0.25) is 5.02 Å². The second kappa shape index (κ2) is 8.74. The zero-order valence-electron chi connectivity index (χ0n) is 16.7. The number of ether oxygens (including phenoxy) is 1. The average molecular weight is 466 g/mol. The summed E-state index contributed by atoms with van der Waals surface area (Å²) in [5.74, 6) is -1.96. The van der Waals surface area contributed by atoms with Gasteiger partial charge in [-0.2, -0.15) is 0 Å². The third-order valence-corrected chi connectivity index (χ3v) is 5.56. The SMILES string of the molecule is O=C(NCCc1c[nH]c2ccc(Cl)cc12)C1CCN(c2ccc(OC(F)(F)F)cc2)C1=O. The Labute approximate surface area is 186 Å². The quantitative estimate of drug-likeness (QED) is 0.529. The predicted molar refractivity (Wildman–Crippen MR) is 114 cm³/mol. The van der Waals surface area contributed by atoms with Gasteiger partial charge in [-0.3, -0.25) is 9.59 Å². The minimum Gasteiger partial charge on any atom is -0.406 e. The monoisotopic (exact) mass is 465 g/mol. The van der Waals surface area contributed by atoms with Crippen molar-refractivity contribution in [3.8, 4) is 5.75 Å². The van der Waals surface area contributed by atoms with Gasteiger partial charge in [-0.25, -0.2) is 0 Å². The van der Waals surface area contributed by atoms with Gasteiger partial charge in [-0.05, 0) is 60.9 Å². The van der Waals surface area contributed by atoms with Crippen LogP contribution in [0.1, 0.15) is 12.0 Å². The van der Waals surface area contributed by atoms with Crippen LogP contribution in [0, 0.1) is 5.92 Å². The lowest BCUT2D eigenvalue weighted by Gasteiger charge is -2.17. The van der Waals surface area contributed by atoms with Crippen LogP contribution in [0.25, 0.3) is 10.9 Å². The molecule has 6 nitrogen and oxygen atoms in total. The van der Waals surface area contributed by atoms with Crippen LogP contribution >= 0.6 is 11.6 Å². The number of hydrogen-bond donors (Lipinski definition) is 2. The Morgan fingerprint density at radius 1 is 1.22 bits per heavy atom. The van der Waals surface area contributed by atoms with E-state index >= 15 is 0 Å². The zero-order valence-corrected chi connectivity index (χ0v) is 17.5. The number of amides is 2. The molecule has 1 saturated heterocycles. The number of halogens is 4. The molecule has 0 aliphatic carbocycles. The molecule has 32 heavy (non-hydrogen) atoms. The number of aromatic amines is 1. The van der Waals surface area contributed by atoms with E-state index < -0.39 is 12.3 Å². The zero-order chi connectivity index (χ0) is 22.9. The lowest BCUT2D eigenvalue weighted by atomic mass is 10.1. The molecule has 1 aliphatic heterocycles. The lowest BCUT2D eigenvalue weighted by molar-refractivity contribution is -0.274. The topological polar surface area (TPSA) is 74.4 Å².